The number of hydrogen-bond acceptors (Lipinski definition) is 4. The van der Waals surface area contributed by atoms with E-state index in [1.54, 1.807) is 11.8 Å². The highest BCUT2D eigenvalue weighted by atomic mass is 16.5. The fourth-order valence-electron chi connectivity index (χ4n) is 5.39. The van der Waals surface area contributed by atoms with Gasteiger partial charge in [-0.3, -0.25) is 9.69 Å². The number of anilines is 1. The summed E-state index contributed by atoms with van der Waals surface area (Å²) in [7, 11) is 0. The lowest BCUT2D eigenvalue weighted by Gasteiger charge is -2.54. The molecule has 2 aromatic carbocycles. The number of carboxylic acid groups (broad SMARTS) is 1. The molecule has 7 heteroatoms. The Labute approximate surface area is 211 Å². The molecule has 0 radical (unpaired) electrons. The summed E-state index contributed by atoms with van der Waals surface area (Å²) >= 11 is 0. The molecule has 3 aromatic rings. The number of fused-ring (bicyclic) bond motifs is 1. The van der Waals surface area contributed by atoms with Gasteiger partial charge in [-0.1, -0.05) is 54.6 Å². The standard InChI is InChI=1S/C29H31N3O4/c1-18-25(33)30-23-17-22(19-9-6-5-7-10-19)24(31-26(23)36-18)20-11-13-21(14-12-20)29(15-8-16-29)32(27(34)35)28(2,3)4/h5-7,9-14,17-18H,8,15-16H2,1-4H3,(H,30,33)(H,34,35)/t18-/m1/s1. The van der Waals surface area contributed by atoms with Crippen molar-refractivity contribution in [3.05, 3.63) is 66.2 Å². The van der Waals surface area contributed by atoms with Gasteiger partial charge in [0.15, 0.2) is 6.10 Å². The lowest BCUT2D eigenvalue weighted by Crippen LogP contribution is -2.60. The van der Waals surface area contributed by atoms with E-state index in [0.29, 0.717) is 11.6 Å². The number of benzene rings is 2. The first-order valence-electron chi connectivity index (χ1n) is 12.3. The number of carbonyl (C=O) groups is 2. The Morgan fingerprint density at radius 2 is 1.75 bits per heavy atom. The zero-order chi connectivity index (χ0) is 25.7. The van der Waals surface area contributed by atoms with Crippen molar-refractivity contribution in [2.45, 2.75) is 64.1 Å². The zero-order valence-corrected chi connectivity index (χ0v) is 21.0. The smallest absolute Gasteiger partial charge is 0.408 e. The summed E-state index contributed by atoms with van der Waals surface area (Å²) in [6.07, 6.45) is 1.07. The van der Waals surface area contributed by atoms with Crippen molar-refractivity contribution in [2.24, 2.45) is 0 Å². The van der Waals surface area contributed by atoms with Gasteiger partial charge in [-0.05, 0) is 64.2 Å². The van der Waals surface area contributed by atoms with Crippen LogP contribution in [0.2, 0.25) is 0 Å². The number of amides is 2. The van der Waals surface area contributed by atoms with Gasteiger partial charge in [-0.25, -0.2) is 9.78 Å². The van der Waals surface area contributed by atoms with E-state index < -0.39 is 23.3 Å². The minimum atomic E-state index is -0.901. The van der Waals surface area contributed by atoms with Crippen molar-refractivity contribution in [3.8, 4) is 28.3 Å². The molecule has 2 heterocycles. The van der Waals surface area contributed by atoms with Crippen LogP contribution in [0.3, 0.4) is 0 Å². The third kappa shape index (κ3) is 3.98. The van der Waals surface area contributed by atoms with Crippen LogP contribution in [0.5, 0.6) is 5.88 Å². The molecule has 7 nitrogen and oxygen atoms in total. The van der Waals surface area contributed by atoms with Gasteiger partial charge < -0.3 is 15.2 Å². The molecule has 1 aliphatic carbocycles. The van der Waals surface area contributed by atoms with Crippen LogP contribution in [0.1, 0.15) is 52.5 Å². The van der Waals surface area contributed by atoms with Crippen molar-refractivity contribution >= 4 is 17.7 Å². The van der Waals surface area contributed by atoms with Gasteiger partial charge in [0.1, 0.15) is 5.69 Å². The number of carbonyl (C=O) groups excluding carboxylic acids is 1. The summed E-state index contributed by atoms with van der Waals surface area (Å²) in [4.78, 5) is 30.9. The van der Waals surface area contributed by atoms with E-state index >= 15 is 0 Å². The van der Waals surface area contributed by atoms with Crippen molar-refractivity contribution in [1.82, 2.24) is 9.88 Å². The molecular formula is C29H31N3O4. The van der Waals surface area contributed by atoms with Crippen LogP contribution in [0.25, 0.3) is 22.4 Å². The molecule has 2 N–H and O–H groups in total. The number of nitrogens with one attached hydrogen (secondary N) is 1. The molecule has 1 aliphatic heterocycles. The van der Waals surface area contributed by atoms with Gasteiger partial charge in [-0.2, -0.15) is 0 Å². The topological polar surface area (TPSA) is 91.8 Å². The largest absolute Gasteiger partial charge is 0.465 e. The van der Waals surface area contributed by atoms with Gasteiger partial charge in [-0.15, -0.1) is 0 Å². The number of nitrogens with zero attached hydrogens (tertiary/aromatic N) is 2. The van der Waals surface area contributed by atoms with E-state index in [1.165, 1.54) is 0 Å². The Morgan fingerprint density at radius 1 is 1.08 bits per heavy atom. The van der Waals surface area contributed by atoms with Gasteiger partial charge in [0.05, 0.1) is 11.2 Å². The number of hydrogen-bond donors (Lipinski definition) is 2. The quantitative estimate of drug-likeness (QED) is 0.453. The van der Waals surface area contributed by atoms with Crippen LogP contribution in [-0.4, -0.2) is 38.6 Å². The predicted molar refractivity (Wildman–Crippen MR) is 139 cm³/mol. The maximum Gasteiger partial charge on any atom is 0.408 e. The van der Waals surface area contributed by atoms with Crippen LogP contribution >= 0.6 is 0 Å². The van der Waals surface area contributed by atoms with E-state index in [4.69, 9.17) is 9.72 Å². The molecule has 2 aliphatic rings. The molecule has 0 spiro atoms. The highest BCUT2D eigenvalue weighted by molar-refractivity contribution is 5.99. The monoisotopic (exact) mass is 485 g/mol. The van der Waals surface area contributed by atoms with E-state index in [2.05, 4.69) is 5.32 Å². The maximum absolute atomic E-state index is 12.3. The second-order valence-corrected chi connectivity index (χ2v) is 10.6. The third-order valence-corrected chi connectivity index (χ3v) is 7.15. The minimum Gasteiger partial charge on any atom is -0.465 e. The summed E-state index contributed by atoms with van der Waals surface area (Å²) in [6.45, 7) is 7.52. The van der Waals surface area contributed by atoms with Crippen molar-refractivity contribution in [2.75, 3.05) is 5.32 Å². The predicted octanol–water partition coefficient (Wildman–Crippen LogP) is 6.29. The molecule has 1 atom stereocenters. The number of ether oxygens (including phenoxy) is 1. The maximum atomic E-state index is 12.3. The van der Waals surface area contributed by atoms with Gasteiger partial charge in [0, 0.05) is 16.7 Å². The zero-order valence-electron chi connectivity index (χ0n) is 21.0. The summed E-state index contributed by atoms with van der Waals surface area (Å²) in [5, 5.41) is 13.0. The van der Waals surface area contributed by atoms with E-state index in [9.17, 15) is 14.7 Å². The number of aromatic nitrogens is 1. The third-order valence-electron chi connectivity index (χ3n) is 7.15. The Bertz CT molecular complexity index is 1310. The molecule has 36 heavy (non-hydrogen) atoms. The highest BCUT2D eigenvalue weighted by Crippen LogP contribution is 2.50. The van der Waals surface area contributed by atoms with Crippen LogP contribution < -0.4 is 10.1 Å². The van der Waals surface area contributed by atoms with Crippen LogP contribution in [-0.2, 0) is 10.3 Å². The van der Waals surface area contributed by atoms with Gasteiger partial charge in [0.2, 0.25) is 5.88 Å². The van der Waals surface area contributed by atoms with Gasteiger partial charge in [0.25, 0.3) is 5.91 Å². The van der Waals surface area contributed by atoms with E-state index in [1.807, 2.05) is 81.4 Å². The van der Waals surface area contributed by atoms with Crippen LogP contribution in [0.4, 0.5) is 10.5 Å². The molecule has 186 valence electrons. The SMILES string of the molecule is C[C@H]1Oc2nc(-c3ccc(C4(N(C(=O)O)C(C)(C)C)CCC4)cc3)c(-c3ccccc3)cc2NC1=O. The molecule has 1 fully saturated rings. The summed E-state index contributed by atoms with van der Waals surface area (Å²) in [5.74, 6) is 0.189. The Kier molecular flexibility index (Phi) is 5.74. The first-order chi connectivity index (χ1) is 17.1. The molecule has 0 bridgehead atoms. The summed E-state index contributed by atoms with van der Waals surface area (Å²) < 4.78 is 5.80. The molecular weight excluding hydrogens is 454 g/mol. The van der Waals surface area contributed by atoms with E-state index in [0.717, 1.165) is 47.2 Å². The normalized spacial score (nSPS) is 18.3. The molecule has 1 saturated carbocycles. The van der Waals surface area contributed by atoms with E-state index in [-0.39, 0.29) is 5.91 Å². The Balaban J connectivity index is 1.60. The molecule has 0 saturated heterocycles. The first kappa shape index (κ1) is 23.9. The molecule has 2 amide bonds. The molecule has 5 rings (SSSR count). The lowest BCUT2D eigenvalue weighted by atomic mass is 9.69. The highest BCUT2D eigenvalue weighted by Gasteiger charge is 2.50. The average molecular weight is 486 g/mol. The van der Waals surface area contributed by atoms with Gasteiger partial charge >= 0.3 is 6.09 Å². The second-order valence-electron chi connectivity index (χ2n) is 10.6. The minimum absolute atomic E-state index is 0.201. The first-order valence-corrected chi connectivity index (χ1v) is 12.3. The van der Waals surface area contributed by atoms with Crippen LogP contribution in [0, 0.1) is 0 Å². The van der Waals surface area contributed by atoms with Crippen molar-refractivity contribution in [3.63, 3.8) is 0 Å². The number of pyridine rings is 1. The average Bonchev–Trinajstić information content (AvgIpc) is 2.81. The summed E-state index contributed by atoms with van der Waals surface area (Å²) in [5.41, 5.74) is 3.96. The fourth-order valence-corrected chi connectivity index (χ4v) is 5.39. The Hall–Kier alpha value is -3.87. The fraction of sp³-hybridized carbons (Fsp3) is 0.345. The van der Waals surface area contributed by atoms with Crippen LogP contribution in [0.15, 0.2) is 60.7 Å². The molecule has 1 aromatic heterocycles. The summed E-state index contributed by atoms with van der Waals surface area (Å²) in [6, 6.07) is 19.9. The molecule has 0 unspecified atom stereocenters. The number of rotatable bonds is 4. The second kappa shape index (κ2) is 8.66. The Morgan fingerprint density at radius 3 is 2.31 bits per heavy atom. The van der Waals surface area contributed by atoms with Crippen molar-refractivity contribution in [1.29, 1.82) is 0 Å². The van der Waals surface area contributed by atoms with Crippen molar-refractivity contribution < 1.29 is 19.4 Å². The lowest BCUT2D eigenvalue weighted by molar-refractivity contribution is -0.122.